The Bertz CT molecular complexity index is 4790. The Labute approximate surface area is 436 Å². The topological polar surface area (TPSA) is 58.4 Å². The van der Waals surface area contributed by atoms with Gasteiger partial charge in [0.15, 0.2) is 17.5 Å². The van der Waals surface area contributed by atoms with Crippen molar-refractivity contribution in [2.24, 2.45) is 0 Å². The highest BCUT2D eigenvalue weighted by atomic mass is 15.0. The van der Waals surface area contributed by atoms with Gasteiger partial charge < -0.3 is 18.3 Å². The van der Waals surface area contributed by atoms with E-state index in [1.54, 1.807) is 0 Å². The Morgan fingerprint density at radius 2 is 0.461 bits per heavy atom. The lowest BCUT2D eigenvalue weighted by atomic mass is 10.1. The van der Waals surface area contributed by atoms with Crippen LogP contribution in [0.2, 0.25) is 0 Å². The van der Waals surface area contributed by atoms with Gasteiger partial charge in [-0.15, -0.1) is 0 Å². The summed E-state index contributed by atoms with van der Waals surface area (Å²) < 4.78 is 9.47. The molecule has 0 aliphatic carbocycles. The van der Waals surface area contributed by atoms with Crippen molar-refractivity contribution in [3.05, 3.63) is 261 Å². The van der Waals surface area contributed by atoms with Crippen LogP contribution < -0.4 is 0 Å². The molecular formula is C69H43N7. The summed E-state index contributed by atoms with van der Waals surface area (Å²) in [6.45, 7) is 0. The molecule has 0 spiro atoms. The van der Waals surface area contributed by atoms with Crippen molar-refractivity contribution in [3.63, 3.8) is 0 Å². The van der Waals surface area contributed by atoms with Gasteiger partial charge in [-0.1, -0.05) is 152 Å². The van der Waals surface area contributed by atoms with E-state index in [1.165, 1.54) is 48.6 Å². The molecule has 0 atom stereocenters. The van der Waals surface area contributed by atoms with Gasteiger partial charge in [0.25, 0.3) is 0 Å². The Balaban J connectivity index is 0.893. The molecule has 0 fully saturated rings. The molecule has 7 heteroatoms. The third-order valence-electron chi connectivity index (χ3n) is 15.4. The van der Waals surface area contributed by atoms with Gasteiger partial charge in [0, 0.05) is 82.5 Å². The van der Waals surface area contributed by atoms with Crippen LogP contribution >= 0.6 is 0 Å². The molecule has 16 rings (SSSR count). The van der Waals surface area contributed by atoms with Gasteiger partial charge >= 0.3 is 0 Å². The second-order valence-electron chi connectivity index (χ2n) is 19.6. The Morgan fingerprint density at radius 1 is 0.184 bits per heavy atom. The summed E-state index contributed by atoms with van der Waals surface area (Å²) in [6.07, 6.45) is 0. The molecule has 0 saturated carbocycles. The average Bonchev–Trinajstić information content (AvgIpc) is 4.34. The van der Waals surface area contributed by atoms with Gasteiger partial charge in [0.05, 0.1) is 44.1 Å². The molecule has 0 bridgehead atoms. The molecule has 0 unspecified atom stereocenters. The number of rotatable bonds is 7. The van der Waals surface area contributed by atoms with E-state index in [9.17, 15) is 0 Å². The minimum atomic E-state index is 0.593. The first-order chi connectivity index (χ1) is 37.7. The second kappa shape index (κ2) is 16.6. The summed E-state index contributed by atoms with van der Waals surface area (Å²) >= 11 is 0. The van der Waals surface area contributed by atoms with E-state index in [0.29, 0.717) is 17.5 Å². The van der Waals surface area contributed by atoms with Crippen molar-refractivity contribution in [1.29, 1.82) is 0 Å². The molecule has 11 aromatic carbocycles. The molecule has 0 amide bonds. The van der Waals surface area contributed by atoms with Crippen molar-refractivity contribution in [2.75, 3.05) is 0 Å². The maximum absolute atomic E-state index is 5.37. The molecule has 0 aliphatic rings. The number of hydrogen-bond donors (Lipinski definition) is 0. The van der Waals surface area contributed by atoms with Crippen LogP contribution in [0.25, 0.3) is 144 Å². The summed E-state index contributed by atoms with van der Waals surface area (Å²) in [5.41, 5.74) is 16.1. The van der Waals surface area contributed by atoms with Crippen LogP contribution in [-0.2, 0) is 0 Å². The lowest BCUT2D eigenvalue weighted by molar-refractivity contribution is 1.07. The second-order valence-corrected chi connectivity index (χ2v) is 19.6. The SMILES string of the molecule is c1ccc(-n2c3ccccc3c3ccc(-c4nc(-c5ccc(-n6c7ccccc7c7cc8c9ccccc9n(-c9ccccc9)c8cc76)cc5)nc(-c5ccc6c7ccccc7n(-c7ccccc7)c6c5)n4)cc32)cc1. The summed E-state index contributed by atoms with van der Waals surface area (Å²) in [4.78, 5) is 16.1. The number of fused-ring (bicyclic) bond motifs is 12. The third kappa shape index (κ3) is 6.39. The van der Waals surface area contributed by atoms with E-state index >= 15 is 0 Å². The molecule has 0 N–H and O–H groups in total. The molecule has 76 heavy (non-hydrogen) atoms. The molecule has 5 aromatic heterocycles. The monoisotopic (exact) mass is 969 g/mol. The minimum Gasteiger partial charge on any atom is -0.309 e. The van der Waals surface area contributed by atoms with Gasteiger partial charge in [0.1, 0.15) is 0 Å². The fraction of sp³-hybridized carbons (Fsp3) is 0. The van der Waals surface area contributed by atoms with Crippen LogP contribution in [0.4, 0.5) is 0 Å². The number of aromatic nitrogens is 7. The average molecular weight is 970 g/mol. The minimum absolute atomic E-state index is 0.593. The zero-order chi connectivity index (χ0) is 49.8. The van der Waals surface area contributed by atoms with Crippen LogP contribution in [0.3, 0.4) is 0 Å². The first kappa shape index (κ1) is 42.2. The fourth-order valence-corrected chi connectivity index (χ4v) is 12.0. The molecule has 5 heterocycles. The third-order valence-corrected chi connectivity index (χ3v) is 15.4. The maximum atomic E-state index is 5.37. The van der Waals surface area contributed by atoms with Gasteiger partial charge in [-0.2, -0.15) is 0 Å². The quantitative estimate of drug-likeness (QED) is 0.160. The molecule has 0 aliphatic heterocycles. The van der Waals surface area contributed by atoms with Gasteiger partial charge in [0.2, 0.25) is 0 Å². The largest absolute Gasteiger partial charge is 0.309 e. The summed E-state index contributed by atoms with van der Waals surface area (Å²) in [6, 6.07) is 93.2. The van der Waals surface area contributed by atoms with E-state index in [0.717, 1.165) is 78.1 Å². The summed E-state index contributed by atoms with van der Waals surface area (Å²) in [7, 11) is 0. The first-order valence-electron chi connectivity index (χ1n) is 25.8. The zero-order valence-electron chi connectivity index (χ0n) is 41.0. The highest BCUT2D eigenvalue weighted by Crippen LogP contribution is 2.41. The predicted octanol–water partition coefficient (Wildman–Crippen LogP) is 17.3. The Kier molecular flexibility index (Phi) is 9.20. The Morgan fingerprint density at radius 3 is 0.842 bits per heavy atom. The fourth-order valence-electron chi connectivity index (χ4n) is 12.0. The molecule has 0 radical (unpaired) electrons. The number of benzene rings is 11. The highest BCUT2D eigenvalue weighted by molar-refractivity contribution is 6.19. The van der Waals surface area contributed by atoms with Gasteiger partial charge in [-0.25, -0.2) is 15.0 Å². The van der Waals surface area contributed by atoms with Crippen molar-refractivity contribution in [3.8, 4) is 56.9 Å². The molecule has 16 aromatic rings. The van der Waals surface area contributed by atoms with Crippen molar-refractivity contribution in [1.82, 2.24) is 33.2 Å². The van der Waals surface area contributed by atoms with Crippen molar-refractivity contribution >= 4 is 87.2 Å². The van der Waals surface area contributed by atoms with Gasteiger partial charge in [-0.05, 0) is 109 Å². The van der Waals surface area contributed by atoms with Crippen LogP contribution in [0.5, 0.6) is 0 Å². The van der Waals surface area contributed by atoms with Crippen LogP contribution in [0, 0.1) is 0 Å². The van der Waals surface area contributed by atoms with E-state index in [4.69, 9.17) is 15.0 Å². The number of nitrogens with zero attached hydrogens (tertiary/aromatic N) is 7. The predicted molar refractivity (Wildman–Crippen MR) is 313 cm³/mol. The number of hydrogen-bond acceptors (Lipinski definition) is 3. The van der Waals surface area contributed by atoms with Crippen molar-refractivity contribution < 1.29 is 0 Å². The Hall–Kier alpha value is -10.4. The van der Waals surface area contributed by atoms with E-state index in [-0.39, 0.29) is 0 Å². The van der Waals surface area contributed by atoms with E-state index in [2.05, 4.69) is 279 Å². The smallest absolute Gasteiger partial charge is 0.164 e. The van der Waals surface area contributed by atoms with E-state index in [1.807, 2.05) is 0 Å². The standard InChI is InChI=1S/C69H43N7/c1-4-18-47(19-5-1)73-59-28-14-10-24-51(59)55-38-34-45(40-63(55)73)68-70-67(71-69(72-68)46-35-39-56-52-25-11-15-29-60(52)74(64(56)41-46)48-20-6-2-7-21-48)44-32-36-50(37-33-44)76-62-31-17-13-27-54(62)58-42-57-53-26-12-16-30-61(53)75(65(57)43-66(58)76)49-22-8-3-9-23-49/h1-43H. The lowest BCUT2D eigenvalue weighted by Gasteiger charge is -2.12. The van der Waals surface area contributed by atoms with E-state index < -0.39 is 0 Å². The lowest BCUT2D eigenvalue weighted by Crippen LogP contribution is -2.01. The van der Waals surface area contributed by atoms with Crippen LogP contribution in [0.1, 0.15) is 0 Å². The van der Waals surface area contributed by atoms with Crippen LogP contribution in [-0.4, -0.2) is 33.2 Å². The van der Waals surface area contributed by atoms with Crippen LogP contribution in [0.15, 0.2) is 261 Å². The number of para-hydroxylation sites is 7. The van der Waals surface area contributed by atoms with Gasteiger partial charge in [-0.3, -0.25) is 0 Å². The molecular weight excluding hydrogens is 927 g/mol. The highest BCUT2D eigenvalue weighted by Gasteiger charge is 2.21. The first-order valence-corrected chi connectivity index (χ1v) is 25.8. The molecule has 7 nitrogen and oxygen atoms in total. The van der Waals surface area contributed by atoms with Crippen molar-refractivity contribution in [2.45, 2.75) is 0 Å². The summed E-state index contributed by atoms with van der Waals surface area (Å²) in [5.74, 6) is 1.79. The summed E-state index contributed by atoms with van der Waals surface area (Å²) in [5, 5.41) is 9.60. The maximum Gasteiger partial charge on any atom is 0.164 e. The normalized spacial score (nSPS) is 11.9. The zero-order valence-corrected chi connectivity index (χ0v) is 41.0. The molecule has 354 valence electrons. The molecule has 0 saturated heterocycles.